The van der Waals surface area contributed by atoms with Gasteiger partial charge < -0.3 is 5.73 Å². The Hall–Kier alpha value is -0.410. The van der Waals surface area contributed by atoms with Gasteiger partial charge in [-0.25, -0.2) is 0 Å². The van der Waals surface area contributed by atoms with Gasteiger partial charge in [-0.05, 0) is 30.0 Å². The van der Waals surface area contributed by atoms with Gasteiger partial charge in [-0.15, -0.1) is 0 Å². The van der Waals surface area contributed by atoms with Gasteiger partial charge in [0.05, 0.1) is 4.99 Å². The summed E-state index contributed by atoms with van der Waals surface area (Å²) in [6.07, 6.45) is 0. The van der Waals surface area contributed by atoms with E-state index in [4.69, 9.17) is 18.0 Å². The van der Waals surface area contributed by atoms with Crippen molar-refractivity contribution in [1.29, 1.82) is 0 Å². The lowest BCUT2D eigenvalue weighted by atomic mass is 9.88. The maximum atomic E-state index is 5.66. The maximum Gasteiger partial charge on any atom is 0.0761 e. The van der Waals surface area contributed by atoms with Crippen molar-refractivity contribution in [2.45, 2.75) is 26.7 Å². The highest BCUT2D eigenvalue weighted by atomic mass is 79.9. The number of rotatable bonds is 3. The lowest BCUT2D eigenvalue weighted by Crippen LogP contribution is -2.23. The monoisotopic (exact) mass is 285 g/mol. The third kappa shape index (κ3) is 3.02. The fourth-order valence-electron chi connectivity index (χ4n) is 1.49. The molecule has 1 aromatic rings. The smallest absolute Gasteiger partial charge is 0.0761 e. The van der Waals surface area contributed by atoms with Crippen LogP contribution in [0, 0.1) is 12.8 Å². The van der Waals surface area contributed by atoms with E-state index < -0.39 is 0 Å². The van der Waals surface area contributed by atoms with E-state index in [9.17, 15) is 0 Å². The van der Waals surface area contributed by atoms with Gasteiger partial charge in [-0.1, -0.05) is 54.1 Å². The number of hydrogen-bond donors (Lipinski definition) is 1. The van der Waals surface area contributed by atoms with E-state index >= 15 is 0 Å². The molecule has 0 saturated carbocycles. The van der Waals surface area contributed by atoms with Crippen LogP contribution in [0.25, 0.3) is 0 Å². The minimum absolute atomic E-state index is 0.237. The lowest BCUT2D eigenvalue weighted by molar-refractivity contribution is 0.626. The molecule has 2 unspecified atom stereocenters. The molecule has 1 rings (SSSR count). The van der Waals surface area contributed by atoms with E-state index in [1.54, 1.807) is 0 Å². The highest BCUT2D eigenvalue weighted by molar-refractivity contribution is 9.10. The number of benzene rings is 1. The fraction of sp³-hybridized carbons (Fsp3) is 0.417. The number of thiocarbonyl (C=S) groups is 1. The lowest BCUT2D eigenvalue weighted by Gasteiger charge is -2.19. The number of nitrogens with two attached hydrogens (primary N) is 1. The zero-order valence-electron chi connectivity index (χ0n) is 9.25. The van der Waals surface area contributed by atoms with Crippen LogP contribution in [0.4, 0.5) is 0 Å². The second kappa shape index (κ2) is 5.08. The Morgan fingerprint density at radius 1 is 1.40 bits per heavy atom. The Kier molecular flexibility index (Phi) is 4.29. The predicted molar refractivity (Wildman–Crippen MR) is 73.2 cm³/mol. The first-order valence-electron chi connectivity index (χ1n) is 4.99. The van der Waals surface area contributed by atoms with Crippen molar-refractivity contribution >= 4 is 33.1 Å². The van der Waals surface area contributed by atoms with E-state index in [1.807, 2.05) is 0 Å². The van der Waals surface area contributed by atoms with Gasteiger partial charge in [0.15, 0.2) is 0 Å². The zero-order valence-corrected chi connectivity index (χ0v) is 11.7. The number of halogens is 1. The third-order valence-corrected chi connectivity index (χ3v) is 4.17. The summed E-state index contributed by atoms with van der Waals surface area (Å²) in [5, 5.41) is 0. The molecule has 0 aliphatic rings. The van der Waals surface area contributed by atoms with Crippen LogP contribution < -0.4 is 5.73 Å². The highest BCUT2D eigenvalue weighted by Crippen LogP contribution is 2.27. The summed E-state index contributed by atoms with van der Waals surface area (Å²) in [4.78, 5) is 0.586. The molecule has 0 aliphatic carbocycles. The molecule has 0 heterocycles. The molecular weight excluding hydrogens is 270 g/mol. The first-order chi connectivity index (χ1) is 6.93. The molecule has 0 saturated heterocycles. The van der Waals surface area contributed by atoms with Gasteiger partial charge in [-0.3, -0.25) is 0 Å². The molecule has 0 aromatic heterocycles. The molecule has 0 fully saturated rings. The van der Waals surface area contributed by atoms with Crippen LogP contribution in [0.2, 0.25) is 0 Å². The second-order valence-electron chi connectivity index (χ2n) is 3.99. The van der Waals surface area contributed by atoms with Crippen molar-refractivity contribution in [3.05, 3.63) is 33.8 Å². The van der Waals surface area contributed by atoms with Crippen LogP contribution >= 0.6 is 28.1 Å². The van der Waals surface area contributed by atoms with Crippen LogP contribution in [0.3, 0.4) is 0 Å². The molecule has 1 aromatic carbocycles. The Morgan fingerprint density at radius 2 is 2.00 bits per heavy atom. The Morgan fingerprint density at radius 3 is 2.47 bits per heavy atom. The third-order valence-electron chi connectivity index (χ3n) is 2.91. The van der Waals surface area contributed by atoms with Gasteiger partial charge in [0.1, 0.15) is 0 Å². The minimum atomic E-state index is 0.237. The Bertz CT molecular complexity index is 376. The largest absolute Gasteiger partial charge is 0.393 e. The molecule has 1 nitrogen and oxygen atoms in total. The maximum absolute atomic E-state index is 5.66. The Balaban J connectivity index is 2.96. The topological polar surface area (TPSA) is 26.0 Å². The van der Waals surface area contributed by atoms with E-state index in [1.165, 1.54) is 11.1 Å². The summed E-state index contributed by atoms with van der Waals surface area (Å²) in [6.45, 7) is 6.32. The number of hydrogen-bond acceptors (Lipinski definition) is 1. The SMILES string of the molecule is Cc1cc(C(C)C(C)C(N)=S)ccc1Br. The average Bonchev–Trinajstić information content (AvgIpc) is 2.19. The summed E-state index contributed by atoms with van der Waals surface area (Å²) in [5.41, 5.74) is 8.20. The molecule has 3 heteroatoms. The molecule has 82 valence electrons. The number of aryl methyl sites for hydroxylation is 1. The zero-order chi connectivity index (χ0) is 11.6. The molecule has 0 bridgehead atoms. The van der Waals surface area contributed by atoms with Crippen LogP contribution in [-0.4, -0.2) is 4.99 Å². The molecule has 0 amide bonds. The van der Waals surface area contributed by atoms with E-state index in [0.29, 0.717) is 10.9 Å². The van der Waals surface area contributed by atoms with E-state index in [2.05, 4.69) is 54.9 Å². The normalized spacial score (nSPS) is 14.7. The van der Waals surface area contributed by atoms with Gasteiger partial charge in [-0.2, -0.15) is 0 Å². The van der Waals surface area contributed by atoms with E-state index in [-0.39, 0.29) is 5.92 Å². The van der Waals surface area contributed by atoms with Crippen molar-refractivity contribution < 1.29 is 0 Å². The van der Waals surface area contributed by atoms with E-state index in [0.717, 1.165) is 4.47 Å². The van der Waals surface area contributed by atoms with Crippen LogP contribution in [0.15, 0.2) is 22.7 Å². The Labute approximate surface area is 105 Å². The minimum Gasteiger partial charge on any atom is -0.393 e. The molecule has 0 spiro atoms. The highest BCUT2D eigenvalue weighted by Gasteiger charge is 2.16. The van der Waals surface area contributed by atoms with Gasteiger partial charge in [0.25, 0.3) is 0 Å². The summed E-state index contributed by atoms with van der Waals surface area (Å²) in [5.74, 6) is 0.606. The van der Waals surface area contributed by atoms with Crippen molar-refractivity contribution in [2.75, 3.05) is 0 Å². The summed E-state index contributed by atoms with van der Waals surface area (Å²) >= 11 is 8.52. The van der Waals surface area contributed by atoms with Crippen LogP contribution in [-0.2, 0) is 0 Å². The van der Waals surface area contributed by atoms with Crippen molar-refractivity contribution in [1.82, 2.24) is 0 Å². The summed E-state index contributed by atoms with van der Waals surface area (Å²) < 4.78 is 1.14. The predicted octanol–water partition coefficient (Wildman–Crippen LogP) is 3.78. The fourth-order valence-corrected chi connectivity index (χ4v) is 1.94. The summed E-state index contributed by atoms with van der Waals surface area (Å²) in [6, 6.07) is 6.38. The molecule has 0 aliphatic heterocycles. The van der Waals surface area contributed by atoms with Crippen LogP contribution in [0.5, 0.6) is 0 Å². The molecule has 2 atom stereocenters. The van der Waals surface area contributed by atoms with Gasteiger partial charge in [0.2, 0.25) is 0 Å². The van der Waals surface area contributed by atoms with Gasteiger partial charge in [0, 0.05) is 10.4 Å². The molecule has 15 heavy (non-hydrogen) atoms. The quantitative estimate of drug-likeness (QED) is 0.856. The molecular formula is C12H16BrNS. The standard InChI is InChI=1S/C12H16BrNS/c1-7-6-10(4-5-11(7)13)8(2)9(3)12(14)15/h4-6,8-9H,1-3H3,(H2,14,15). The van der Waals surface area contributed by atoms with Crippen molar-refractivity contribution in [3.8, 4) is 0 Å². The van der Waals surface area contributed by atoms with Crippen LogP contribution in [0.1, 0.15) is 30.9 Å². The molecule has 0 radical (unpaired) electrons. The first kappa shape index (κ1) is 12.7. The second-order valence-corrected chi connectivity index (χ2v) is 5.31. The summed E-state index contributed by atoms with van der Waals surface area (Å²) in [7, 11) is 0. The first-order valence-corrected chi connectivity index (χ1v) is 6.19. The van der Waals surface area contributed by atoms with Gasteiger partial charge >= 0.3 is 0 Å². The average molecular weight is 286 g/mol. The molecule has 2 N–H and O–H groups in total. The van der Waals surface area contributed by atoms with Crippen molar-refractivity contribution in [3.63, 3.8) is 0 Å². The van der Waals surface area contributed by atoms with Crippen molar-refractivity contribution in [2.24, 2.45) is 11.7 Å².